The maximum absolute atomic E-state index is 11.2. The molecule has 0 saturated carbocycles. The summed E-state index contributed by atoms with van der Waals surface area (Å²) in [6, 6.07) is 3.52. The van der Waals surface area contributed by atoms with Gasteiger partial charge in [-0.1, -0.05) is 0 Å². The molecule has 0 atom stereocenters. The maximum atomic E-state index is 11.2. The van der Waals surface area contributed by atoms with Gasteiger partial charge in [0.1, 0.15) is 23.3 Å². The fourth-order valence-electron chi connectivity index (χ4n) is 1.45. The highest BCUT2D eigenvalue weighted by molar-refractivity contribution is 6.22. The van der Waals surface area contributed by atoms with Crippen LogP contribution in [0.2, 0.25) is 0 Å². The Hall–Kier alpha value is -3.38. The summed E-state index contributed by atoms with van der Waals surface area (Å²) in [6.45, 7) is 0. The molecule has 0 bridgehead atoms. The van der Waals surface area contributed by atoms with Gasteiger partial charge in [0.15, 0.2) is 11.6 Å². The molecular weight excluding hydrogens is 256 g/mol. The molecule has 2 aliphatic rings. The zero-order valence-electron chi connectivity index (χ0n) is 10.1. The lowest BCUT2D eigenvalue weighted by Crippen LogP contribution is -2.07. The first-order chi connectivity index (χ1) is 9.63. The van der Waals surface area contributed by atoms with Crippen molar-refractivity contribution in [2.45, 2.75) is 0 Å². The van der Waals surface area contributed by atoms with Gasteiger partial charge in [0.05, 0.1) is 11.4 Å². The summed E-state index contributed by atoms with van der Waals surface area (Å²) in [4.78, 5) is 22.5. The minimum absolute atomic E-state index is 0.0194. The molecule has 2 rings (SSSR count). The number of allylic oxidation sites excluding steroid dienone is 8. The average Bonchev–Trinajstić information content (AvgIpc) is 2.47. The second-order valence-electron chi connectivity index (χ2n) is 3.78. The second kappa shape index (κ2) is 5.51. The molecule has 6 nitrogen and oxygen atoms in total. The summed E-state index contributed by atoms with van der Waals surface area (Å²) in [5.41, 5.74) is 0.639. The van der Waals surface area contributed by atoms with Gasteiger partial charge < -0.3 is 0 Å². The molecule has 6 heteroatoms. The Morgan fingerprint density at radius 2 is 1.15 bits per heavy atom. The van der Waals surface area contributed by atoms with Gasteiger partial charge in [0.2, 0.25) is 0 Å². The molecule has 0 aromatic heterocycles. The summed E-state index contributed by atoms with van der Waals surface area (Å²) in [6.07, 6.45) is 7.96. The van der Waals surface area contributed by atoms with Crippen LogP contribution in [0, 0.1) is 22.7 Å². The largest absolute Gasteiger partial charge is 0.288 e. The predicted molar refractivity (Wildman–Crippen MR) is 70.6 cm³/mol. The predicted octanol–water partition coefficient (Wildman–Crippen LogP) is 0.961. The number of rotatable bonds is 1. The number of carbonyl (C=O) groups is 2. The first kappa shape index (κ1) is 13.1. The van der Waals surface area contributed by atoms with Crippen molar-refractivity contribution in [1.29, 1.82) is 10.5 Å². The highest BCUT2D eigenvalue weighted by Crippen LogP contribution is 2.07. The quantitative estimate of drug-likeness (QED) is 0.518. The molecule has 2 aliphatic carbocycles. The summed E-state index contributed by atoms with van der Waals surface area (Å²) in [5.74, 6) is -0.761. The first-order valence-corrected chi connectivity index (χ1v) is 5.48. The third-order valence-corrected chi connectivity index (χ3v) is 2.45. The zero-order chi connectivity index (χ0) is 14.5. The van der Waals surface area contributed by atoms with Crippen molar-refractivity contribution < 1.29 is 9.59 Å². The summed E-state index contributed by atoms with van der Waals surface area (Å²) in [7, 11) is 0. The monoisotopic (exact) mass is 262 g/mol. The number of ketones is 2. The van der Waals surface area contributed by atoms with Crippen LogP contribution in [-0.4, -0.2) is 23.0 Å². The van der Waals surface area contributed by atoms with E-state index in [2.05, 4.69) is 10.2 Å². The smallest absolute Gasteiger partial charge is 0.196 e. The van der Waals surface area contributed by atoms with Crippen molar-refractivity contribution in [2.75, 3.05) is 0 Å². The third-order valence-electron chi connectivity index (χ3n) is 2.45. The molecule has 0 fully saturated rings. The van der Waals surface area contributed by atoms with Crippen LogP contribution in [0.15, 0.2) is 57.8 Å². The minimum atomic E-state index is -0.381. The molecule has 0 aliphatic heterocycles. The molecule has 0 saturated heterocycles. The fraction of sp³-hybridized carbons (Fsp3) is 0. The number of nitrogens with zero attached hydrogens (tertiary/aromatic N) is 4. The van der Waals surface area contributed by atoms with Crippen LogP contribution in [0.25, 0.3) is 0 Å². The van der Waals surface area contributed by atoms with Gasteiger partial charge in [-0.3, -0.25) is 9.59 Å². The number of nitriles is 2. The van der Waals surface area contributed by atoms with Crippen LogP contribution in [0.3, 0.4) is 0 Å². The average molecular weight is 262 g/mol. The van der Waals surface area contributed by atoms with E-state index in [-0.39, 0.29) is 22.7 Å². The van der Waals surface area contributed by atoms with Crippen molar-refractivity contribution in [3.63, 3.8) is 0 Å². The molecule has 0 aromatic carbocycles. The number of carbonyl (C=O) groups excluding carboxylic acids is 2. The van der Waals surface area contributed by atoms with Gasteiger partial charge in [-0.2, -0.15) is 20.7 Å². The van der Waals surface area contributed by atoms with Gasteiger partial charge in [-0.15, -0.1) is 0 Å². The van der Waals surface area contributed by atoms with E-state index in [1.165, 1.54) is 36.5 Å². The molecule has 0 amide bonds. The van der Waals surface area contributed by atoms with E-state index in [4.69, 9.17) is 10.5 Å². The van der Waals surface area contributed by atoms with E-state index in [9.17, 15) is 9.59 Å². The zero-order valence-corrected chi connectivity index (χ0v) is 10.1. The van der Waals surface area contributed by atoms with Crippen molar-refractivity contribution in [2.24, 2.45) is 10.2 Å². The molecule has 0 aromatic rings. The molecule has 20 heavy (non-hydrogen) atoms. The van der Waals surface area contributed by atoms with Crippen LogP contribution in [0.1, 0.15) is 0 Å². The maximum Gasteiger partial charge on any atom is 0.196 e. The van der Waals surface area contributed by atoms with E-state index in [0.717, 1.165) is 0 Å². The Bertz CT molecular complexity index is 696. The lowest BCUT2D eigenvalue weighted by molar-refractivity contribution is -0.111. The van der Waals surface area contributed by atoms with Crippen LogP contribution >= 0.6 is 0 Å². The van der Waals surface area contributed by atoms with E-state index in [0.29, 0.717) is 11.4 Å². The highest BCUT2D eigenvalue weighted by atomic mass is 16.1. The van der Waals surface area contributed by atoms with Crippen molar-refractivity contribution in [3.05, 3.63) is 47.6 Å². The van der Waals surface area contributed by atoms with Crippen LogP contribution < -0.4 is 0 Å². The topological polar surface area (TPSA) is 106 Å². The molecular formula is C14H6N4O2. The van der Waals surface area contributed by atoms with Crippen LogP contribution in [-0.2, 0) is 9.59 Å². The van der Waals surface area contributed by atoms with Gasteiger partial charge >= 0.3 is 0 Å². The number of hydrogen-bond donors (Lipinski definition) is 0. The van der Waals surface area contributed by atoms with E-state index >= 15 is 0 Å². The summed E-state index contributed by atoms with van der Waals surface area (Å²) < 4.78 is 0. The van der Waals surface area contributed by atoms with Crippen LogP contribution in [0.5, 0.6) is 0 Å². The molecule has 0 radical (unpaired) electrons. The highest BCUT2D eigenvalue weighted by Gasteiger charge is 2.12. The Morgan fingerprint density at radius 3 is 1.50 bits per heavy atom. The standard InChI is InChI=1S/C14H6N4O2/c15-7-9-5-11(1-3-13(9)19)17-18-12-2-4-14(20)10(6-12)8-16/h1-6H/b17-11-,18-12+. The van der Waals surface area contributed by atoms with Gasteiger partial charge in [0.25, 0.3) is 0 Å². The molecule has 0 unspecified atom stereocenters. The molecule has 0 N–H and O–H groups in total. The summed E-state index contributed by atoms with van der Waals surface area (Å²) >= 11 is 0. The lowest BCUT2D eigenvalue weighted by Gasteiger charge is -2.01. The Kier molecular flexibility index (Phi) is 3.60. The molecule has 94 valence electrons. The van der Waals surface area contributed by atoms with E-state index < -0.39 is 0 Å². The Balaban J connectivity index is 2.29. The van der Waals surface area contributed by atoms with Gasteiger partial charge in [0, 0.05) is 0 Å². The van der Waals surface area contributed by atoms with Crippen LogP contribution in [0.4, 0.5) is 0 Å². The van der Waals surface area contributed by atoms with Gasteiger partial charge in [-0.05, 0) is 36.5 Å². The lowest BCUT2D eigenvalue weighted by atomic mass is 10.0. The van der Waals surface area contributed by atoms with Gasteiger partial charge in [-0.25, -0.2) is 0 Å². The minimum Gasteiger partial charge on any atom is -0.288 e. The SMILES string of the molecule is N#CC1=C/C(=N\N=C2/C=CC(=O)C(C#N)=C2)C=CC1=O. The fourth-order valence-corrected chi connectivity index (χ4v) is 1.45. The normalized spacial score (nSPS) is 21.5. The second-order valence-corrected chi connectivity index (χ2v) is 3.78. The Labute approximate surface area is 114 Å². The van der Waals surface area contributed by atoms with E-state index in [1.807, 2.05) is 0 Å². The van der Waals surface area contributed by atoms with Crippen molar-refractivity contribution in [1.82, 2.24) is 0 Å². The Morgan fingerprint density at radius 1 is 0.750 bits per heavy atom. The van der Waals surface area contributed by atoms with E-state index in [1.54, 1.807) is 12.1 Å². The number of hydrogen-bond acceptors (Lipinski definition) is 6. The first-order valence-electron chi connectivity index (χ1n) is 5.48. The summed E-state index contributed by atoms with van der Waals surface area (Å²) in [5, 5.41) is 25.2. The third kappa shape index (κ3) is 2.71. The van der Waals surface area contributed by atoms with Crippen molar-refractivity contribution >= 4 is 23.0 Å². The molecule has 0 spiro atoms. The van der Waals surface area contributed by atoms with Crippen molar-refractivity contribution in [3.8, 4) is 12.1 Å². The molecule has 0 heterocycles.